The van der Waals surface area contributed by atoms with Gasteiger partial charge in [-0.2, -0.15) is 0 Å². The van der Waals surface area contributed by atoms with Gasteiger partial charge in [0.25, 0.3) is 0 Å². The molecule has 1 fully saturated rings. The lowest BCUT2D eigenvalue weighted by Gasteiger charge is -2.28. The Hall–Kier alpha value is -1.42. The Morgan fingerprint density at radius 1 is 1.44 bits per heavy atom. The standard InChI is InChI=1S/C12H15FN2O/c13-10-4-2-1-3-9(10)8-5-6-15-11(7-8)12(14)16/h1-4,8,11,15H,5-7H2,(H2,14,16). The van der Waals surface area contributed by atoms with E-state index in [0.717, 1.165) is 6.42 Å². The summed E-state index contributed by atoms with van der Waals surface area (Å²) in [6.45, 7) is 0.701. The maximum atomic E-state index is 13.6. The van der Waals surface area contributed by atoms with E-state index < -0.39 is 0 Å². The van der Waals surface area contributed by atoms with Crippen LogP contribution in [0.3, 0.4) is 0 Å². The number of hydrogen-bond donors (Lipinski definition) is 2. The Kier molecular flexibility index (Phi) is 3.19. The van der Waals surface area contributed by atoms with Gasteiger partial charge >= 0.3 is 0 Å². The van der Waals surface area contributed by atoms with Gasteiger partial charge in [-0.25, -0.2) is 4.39 Å². The number of carbonyl (C=O) groups excluding carboxylic acids is 1. The molecule has 2 unspecified atom stereocenters. The predicted molar refractivity (Wildman–Crippen MR) is 59.4 cm³/mol. The van der Waals surface area contributed by atoms with Gasteiger partial charge in [-0.1, -0.05) is 18.2 Å². The first-order valence-electron chi connectivity index (χ1n) is 5.45. The van der Waals surface area contributed by atoms with Gasteiger partial charge in [0.15, 0.2) is 0 Å². The summed E-state index contributed by atoms with van der Waals surface area (Å²) in [5, 5.41) is 3.04. The number of nitrogens with one attached hydrogen (secondary N) is 1. The molecule has 0 spiro atoms. The SMILES string of the molecule is NC(=O)C1CC(c2ccccc2F)CCN1. The molecule has 1 amide bonds. The lowest BCUT2D eigenvalue weighted by atomic mass is 9.86. The minimum atomic E-state index is -0.360. The van der Waals surface area contributed by atoms with E-state index >= 15 is 0 Å². The maximum absolute atomic E-state index is 13.6. The highest BCUT2D eigenvalue weighted by Crippen LogP contribution is 2.29. The average molecular weight is 222 g/mol. The van der Waals surface area contributed by atoms with Gasteiger partial charge in [0.2, 0.25) is 5.91 Å². The van der Waals surface area contributed by atoms with Crippen LogP contribution in [0.4, 0.5) is 4.39 Å². The third kappa shape index (κ3) is 2.22. The molecule has 2 atom stereocenters. The Morgan fingerprint density at radius 3 is 2.88 bits per heavy atom. The second kappa shape index (κ2) is 4.61. The average Bonchev–Trinajstić information content (AvgIpc) is 2.30. The van der Waals surface area contributed by atoms with Crippen LogP contribution in [0.5, 0.6) is 0 Å². The molecular weight excluding hydrogens is 207 g/mol. The van der Waals surface area contributed by atoms with Gasteiger partial charge in [-0.15, -0.1) is 0 Å². The van der Waals surface area contributed by atoms with Gasteiger partial charge in [-0.3, -0.25) is 4.79 Å². The van der Waals surface area contributed by atoms with Crippen molar-refractivity contribution < 1.29 is 9.18 Å². The fraction of sp³-hybridized carbons (Fsp3) is 0.417. The summed E-state index contributed by atoms with van der Waals surface area (Å²) in [5.74, 6) is -0.474. The molecule has 1 aromatic carbocycles. The molecule has 1 aromatic rings. The van der Waals surface area contributed by atoms with Crippen LogP contribution in [0, 0.1) is 5.82 Å². The molecule has 1 heterocycles. The lowest BCUT2D eigenvalue weighted by Crippen LogP contribution is -2.46. The van der Waals surface area contributed by atoms with Crippen molar-refractivity contribution in [1.29, 1.82) is 0 Å². The van der Waals surface area contributed by atoms with E-state index in [9.17, 15) is 9.18 Å². The molecule has 2 rings (SSSR count). The molecule has 4 heteroatoms. The molecule has 1 aliphatic rings. The number of amides is 1. The van der Waals surface area contributed by atoms with Gasteiger partial charge in [0, 0.05) is 0 Å². The molecular formula is C12H15FN2O. The Balaban J connectivity index is 2.16. The highest BCUT2D eigenvalue weighted by Gasteiger charge is 2.27. The number of rotatable bonds is 2. The van der Waals surface area contributed by atoms with E-state index in [0.29, 0.717) is 18.5 Å². The Labute approximate surface area is 93.8 Å². The van der Waals surface area contributed by atoms with Crippen molar-refractivity contribution in [2.24, 2.45) is 5.73 Å². The molecule has 1 saturated heterocycles. The Bertz CT molecular complexity index is 394. The van der Waals surface area contributed by atoms with Crippen molar-refractivity contribution in [1.82, 2.24) is 5.32 Å². The predicted octanol–water partition coefficient (Wildman–Crippen LogP) is 1.15. The van der Waals surface area contributed by atoms with Crippen LogP contribution in [0.15, 0.2) is 24.3 Å². The highest BCUT2D eigenvalue weighted by molar-refractivity contribution is 5.80. The normalized spacial score (nSPS) is 25.3. The van der Waals surface area contributed by atoms with Crippen molar-refractivity contribution in [3.05, 3.63) is 35.6 Å². The summed E-state index contributed by atoms with van der Waals surface area (Å²) in [6, 6.07) is 6.39. The zero-order valence-corrected chi connectivity index (χ0v) is 8.95. The van der Waals surface area contributed by atoms with Crippen LogP contribution in [-0.2, 0) is 4.79 Å². The fourth-order valence-electron chi connectivity index (χ4n) is 2.22. The third-order valence-corrected chi connectivity index (χ3v) is 3.09. The zero-order chi connectivity index (χ0) is 11.5. The van der Waals surface area contributed by atoms with E-state index in [4.69, 9.17) is 5.73 Å². The first-order chi connectivity index (χ1) is 7.68. The van der Waals surface area contributed by atoms with Crippen molar-refractivity contribution >= 4 is 5.91 Å². The molecule has 0 aliphatic carbocycles. The molecule has 0 radical (unpaired) electrons. The number of halogens is 1. The van der Waals surface area contributed by atoms with Crippen molar-refractivity contribution in [3.8, 4) is 0 Å². The van der Waals surface area contributed by atoms with Crippen molar-refractivity contribution in [2.75, 3.05) is 6.54 Å². The number of primary amides is 1. The van der Waals surface area contributed by atoms with Gasteiger partial charge in [0.1, 0.15) is 5.82 Å². The smallest absolute Gasteiger partial charge is 0.234 e. The molecule has 1 aliphatic heterocycles. The van der Waals surface area contributed by atoms with Crippen molar-refractivity contribution in [2.45, 2.75) is 24.8 Å². The number of hydrogen-bond acceptors (Lipinski definition) is 2. The molecule has 3 N–H and O–H groups in total. The minimum absolute atomic E-state index is 0.0833. The van der Waals surface area contributed by atoms with Crippen LogP contribution in [-0.4, -0.2) is 18.5 Å². The van der Waals surface area contributed by atoms with Crippen LogP contribution >= 0.6 is 0 Å². The maximum Gasteiger partial charge on any atom is 0.234 e. The Morgan fingerprint density at radius 2 is 2.19 bits per heavy atom. The first kappa shape index (κ1) is 11.1. The summed E-state index contributed by atoms with van der Waals surface area (Å²) < 4.78 is 13.6. The highest BCUT2D eigenvalue weighted by atomic mass is 19.1. The minimum Gasteiger partial charge on any atom is -0.368 e. The quantitative estimate of drug-likeness (QED) is 0.788. The third-order valence-electron chi connectivity index (χ3n) is 3.09. The number of benzene rings is 1. The van der Waals surface area contributed by atoms with Crippen molar-refractivity contribution in [3.63, 3.8) is 0 Å². The second-order valence-electron chi connectivity index (χ2n) is 4.15. The summed E-state index contributed by atoms with van der Waals surface area (Å²) in [4.78, 5) is 11.1. The lowest BCUT2D eigenvalue weighted by molar-refractivity contribution is -0.120. The largest absolute Gasteiger partial charge is 0.368 e. The second-order valence-corrected chi connectivity index (χ2v) is 4.15. The topological polar surface area (TPSA) is 55.1 Å². The molecule has 0 aromatic heterocycles. The van der Waals surface area contributed by atoms with Gasteiger partial charge < -0.3 is 11.1 Å². The summed E-state index contributed by atoms with van der Waals surface area (Å²) in [6.07, 6.45) is 1.42. The van der Waals surface area contributed by atoms with Gasteiger partial charge in [-0.05, 0) is 36.9 Å². The zero-order valence-electron chi connectivity index (χ0n) is 8.95. The molecule has 0 saturated carbocycles. The van der Waals surface area contributed by atoms with E-state index in [-0.39, 0.29) is 23.7 Å². The van der Waals surface area contributed by atoms with E-state index in [2.05, 4.69) is 5.32 Å². The molecule has 0 bridgehead atoms. The summed E-state index contributed by atoms with van der Waals surface area (Å²) in [5.41, 5.74) is 5.94. The fourth-order valence-corrected chi connectivity index (χ4v) is 2.22. The molecule has 86 valence electrons. The number of piperidine rings is 1. The monoisotopic (exact) mass is 222 g/mol. The van der Waals surface area contributed by atoms with Crippen LogP contribution in [0.1, 0.15) is 24.3 Å². The number of nitrogens with two attached hydrogens (primary N) is 1. The molecule has 16 heavy (non-hydrogen) atoms. The van der Waals surface area contributed by atoms with Gasteiger partial charge in [0.05, 0.1) is 6.04 Å². The van der Waals surface area contributed by atoms with Crippen LogP contribution in [0.2, 0.25) is 0 Å². The van der Waals surface area contributed by atoms with E-state index in [1.807, 2.05) is 6.07 Å². The van der Waals surface area contributed by atoms with Crippen LogP contribution in [0.25, 0.3) is 0 Å². The first-order valence-corrected chi connectivity index (χ1v) is 5.45. The summed E-state index contributed by atoms with van der Waals surface area (Å²) in [7, 11) is 0. The number of carbonyl (C=O) groups is 1. The summed E-state index contributed by atoms with van der Waals surface area (Å²) >= 11 is 0. The van der Waals surface area contributed by atoms with E-state index in [1.54, 1.807) is 12.1 Å². The van der Waals surface area contributed by atoms with Crippen LogP contribution < -0.4 is 11.1 Å². The molecule has 3 nitrogen and oxygen atoms in total. The van der Waals surface area contributed by atoms with E-state index in [1.165, 1.54) is 6.07 Å².